The normalized spacial score (nSPS) is 12.3. The zero-order valence-electron chi connectivity index (χ0n) is 28.5. The van der Waals surface area contributed by atoms with Gasteiger partial charge < -0.3 is 14.6 Å². The van der Waals surface area contributed by atoms with E-state index in [4.69, 9.17) is 9.47 Å². The van der Waals surface area contributed by atoms with Crippen LogP contribution in [0, 0.1) is 0 Å². The Kier molecular flexibility index (Phi) is 33.6. The van der Waals surface area contributed by atoms with Gasteiger partial charge in [0.25, 0.3) is 0 Å². The fourth-order valence-corrected chi connectivity index (χ4v) is 5.17. The van der Waals surface area contributed by atoms with Crippen molar-refractivity contribution in [2.75, 3.05) is 13.2 Å². The van der Waals surface area contributed by atoms with Crippen LogP contribution in [0.25, 0.3) is 0 Å². The van der Waals surface area contributed by atoms with Gasteiger partial charge in [-0.05, 0) is 44.9 Å². The first-order chi connectivity index (χ1) is 21.1. The molecule has 0 fully saturated rings. The number of hydrogen-bond donors (Lipinski definition) is 1. The SMILES string of the molecule is CCCCC/C=C/C/C=C/CCCCCCCCCC(=O)O[C@@H](CO)COC(=O)CCCCCCCCCCCCCC. The Balaban J connectivity index is 3.57. The van der Waals surface area contributed by atoms with E-state index in [2.05, 4.69) is 38.2 Å². The van der Waals surface area contributed by atoms with Crippen LogP contribution in [0.4, 0.5) is 0 Å². The first-order valence-electron chi connectivity index (χ1n) is 18.4. The molecular formula is C38H70O5. The molecule has 252 valence electrons. The van der Waals surface area contributed by atoms with Crippen LogP contribution in [-0.4, -0.2) is 36.4 Å². The molecule has 0 aromatic heterocycles. The maximum absolute atomic E-state index is 12.1. The summed E-state index contributed by atoms with van der Waals surface area (Å²) in [5.41, 5.74) is 0. The molecule has 43 heavy (non-hydrogen) atoms. The predicted octanol–water partition coefficient (Wildman–Crippen LogP) is 11.1. The summed E-state index contributed by atoms with van der Waals surface area (Å²) in [6, 6.07) is 0. The molecule has 0 radical (unpaired) electrons. The molecule has 0 unspecified atom stereocenters. The monoisotopic (exact) mass is 607 g/mol. The quantitative estimate of drug-likeness (QED) is 0.0457. The molecule has 5 nitrogen and oxygen atoms in total. The molecule has 0 saturated carbocycles. The highest BCUT2D eigenvalue weighted by Crippen LogP contribution is 2.14. The van der Waals surface area contributed by atoms with Crippen LogP contribution < -0.4 is 0 Å². The molecular weight excluding hydrogens is 536 g/mol. The van der Waals surface area contributed by atoms with E-state index in [0.29, 0.717) is 12.8 Å². The fourth-order valence-electron chi connectivity index (χ4n) is 5.17. The van der Waals surface area contributed by atoms with Gasteiger partial charge in [-0.1, -0.05) is 154 Å². The van der Waals surface area contributed by atoms with Crippen molar-refractivity contribution in [3.63, 3.8) is 0 Å². The molecule has 1 atom stereocenters. The van der Waals surface area contributed by atoms with Crippen LogP contribution in [0.2, 0.25) is 0 Å². The molecule has 0 aliphatic heterocycles. The molecule has 0 spiro atoms. The molecule has 0 amide bonds. The van der Waals surface area contributed by atoms with Gasteiger partial charge in [0.15, 0.2) is 6.10 Å². The van der Waals surface area contributed by atoms with E-state index in [-0.39, 0.29) is 25.2 Å². The van der Waals surface area contributed by atoms with Gasteiger partial charge in [-0.25, -0.2) is 0 Å². The van der Waals surface area contributed by atoms with E-state index >= 15 is 0 Å². The second-order valence-corrected chi connectivity index (χ2v) is 12.3. The van der Waals surface area contributed by atoms with E-state index in [9.17, 15) is 14.7 Å². The zero-order chi connectivity index (χ0) is 31.5. The van der Waals surface area contributed by atoms with Gasteiger partial charge in [-0.15, -0.1) is 0 Å². The summed E-state index contributed by atoms with van der Waals surface area (Å²) in [6.07, 6.45) is 39.4. The highest BCUT2D eigenvalue weighted by molar-refractivity contribution is 5.70. The third kappa shape index (κ3) is 33.1. The topological polar surface area (TPSA) is 72.8 Å². The highest BCUT2D eigenvalue weighted by Gasteiger charge is 2.16. The van der Waals surface area contributed by atoms with Crippen molar-refractivity contribution >= 4 is 11.9 Å². The number of carbonyl (C=O) groups is 2. The summed E-state index contributed by atoms with van der Waals surface area (Å²) in [7, 11) is 0. The minimum absolute atomic E-state index is 0.0652. The maximum atomic E-state index is 12.1. The van der Waals surface area contributed by atoms with Gasteiger partial charge in [-0.3, -0.25) is 9.59 Å². The Bertz CT molecular complexity index is 657. The van der Waals surface area contributed by atoms with Crippen LogP contribution in [0.1, 0.15) is 187 Å². The number of aliphatic hydroxyl groups is 1. The maximum Gasteiger partial charge on any atom is 0.306 e. The number of ether oxygens (including phenoxy) is 2. The van der Waals surface area contributed by atoms with E-state index < -0.39 is 6.10 Å². The Labute approximate surface area is 266 Å². The van der Waals surface area contributed by atoms with Crippen molar-refractivity contribution in [3.8, 4) is 0 Å². The van der Waals surface area contributed by atoms with Crippen molar-refractivity contribution in [2.45, 2.75) is 193 Å². The Morgan fingerprint density at radius 3 is 1.42 bits per heavy atom. The molecule has 0 aliphatic carbocycles. The lowest BCUT2D eigenvalue weighted by atomic mass is 10.0. The number of carbonyl (C=O) groups excluding carboxylic acids is 2. The van der Waals surface area contributed by atoms with Crippen LogP contribution in [0.5, 0.6) is 0 Å². The summed E-state index contributed by atoms with van der Waals surface area (Å²) >= 11 is 0. The van der Waals surface area contributed by atoms with Crippen molar-refractivity contribution in [2.24, 2.45) is 0 Å². The summed E-state index contributed by atoms with van der Waals surface area (Å²) in [6.45, 7) is 4.10. The Hall–Kier alpha value is -1.62. The van der Waals surface area contributed by atoms with E-state index in [1.165, 1.54) is 109 Å². The lowest BCUT2D eigenvalue weighted by Gasteiger charge is -2.15. The van der Waals surface area contributed by atoms with Crippen LogP contribution in [0.15, 0.2) is 24.3 Å². The molecule has 0 bridgehead atoms. The Morgan fingerprint density at radius 1 is 0.535 bits per heavy atom. The molecule has 0 aromatic carbocycles. The van der Waals surface area contributed by atoms with E-state index in [0.717, 1.165) is 51.4 Å². The van der Waals surface area contributed by atoms with Crippen molar-refractivity contribution < 1.29 is 24.2 Å². The van der Waals surface area contributed by atoms with Crippen molar-refractivity contribution in [1.82, 2.24) is 0 Å². The number of esters is 2. The number of allylic oxidation sites excluding steroid dienone is 4. The molecule has 0 heterocycles. The average Bonchev–Trinajstić information content (AvgIpc) is 3.01. The molecule has 1 N–H and O–H groups in total. The lowest BCUT2D eigenvalue weighted by Crippen LogP contribution is -2.28. The number of unbranched alkanes of at least 4 members (excludes halogenated alkanes) is 21. The smallest absolute Gasteiger partial charge is 0.306 e. The zero-order valence-corrected chi connectivity index (χ0v) is 28.5. The van der Waals surface area contributed by atoms with Gasteiger partial charge in [0, 0.05) is 12.8 Å². The van der Waals surface area contributed by atoms with Gasteiger partial charge in [0.2, 0.25) is 0 Å². The summed E-state index contributed by atoms with van der Waals surface area (Å²) in [5.74, 6) is -0.596. The minimum atomic E-state index is -0.769. The molecule has 5 heteroatoms. The second-order valence-electron chi connectivity index (χ2n) is 12.3. The minimum Gasteiger partial charge on any atom is -0.462 e. The third-order valence-electron chi connectivity index (χ3n) is 8.00. The highest BCUT2D eigenvalue weighted by atomic mass is 16.6. The first kappa shape index (κ1) is 41.4. The number of aliphatic hydroxyl groups excluding tert-OH is 1. The van der Waals surface area contributed by atoms with Crippen LogP contribution in [0.3, 0.4) is 0 Å². The molecule has 0 rings (SSSR count). The number of rotatable bonds is 33. The van der Waals surface area contributed by atoms with Gasteiger partial charge in [0.1, 0.15) is 6.61 Å². The van der Waals surface area contributed by atoms with Gasteiger partial charge in [-0.2, -0.15) is 0 Å². The predicted molar refractivity (Wildman–Crippen MR) is 182 cm³/mol. The van der Waals surface area contributed by atoms with Gasteiger partial charge in [0.05, 0.1) is 6.61 Å². The van der Waals surface area contributed by atoms with Crippen molar-refractivity contribution in [3.05, 3.63) is 24.3 Å². The second kappa shape index (κ2) is 34.9. The third-order valence-corrected chi connectivity index (χ3v) is 8.00. The van der Waals surface area contributed by atoms with Crippen LogP contribution >= 0.6 is 0 Å². The Morgan fingerprint density at radius 2 is 0.930 bits per heavy atom. The van der Waals surface area contributed by atoms with Gasteiger partial charge >= 0.3 is 11.9 Å². The largest absolute Gasteiger partial charge is 0.462 e. The average molecular weight is 607 g/mol. The summed E-state index contributed by atoms with van der Waals surface area (Å²) in [4.78, 5) is 24.2. The van der Waals surface area contributed by atoms with E-state index in [1.54, 1.807) is 0 Å². The number of hydrogen-bond acceptors (Lipinski definition) is 5. The standard InChI is InChI=1S/C38H70O5/c1-3-5-7-9-11-13-15-17-18-19-20-21-23-25-27-29-31-33-38(41)43-36(34-39)35-42-37(40)32-30-28-26-24-22-16-14-12-10-8-6-4-2/h11,13,17-18,36,39H,3-10,12,14-16,19-35H2,1-2H3/b13-11+,18-17+/t36-/m0/s1. The summed E-state index contributed by atoms with van der Waals surface area (Å²) in [5, 5.41) is 9.52. The lowest BCUT2D eigenvalue weighted by molar-refractivity contribution is -0.161. The summed E-state index contributed by atoms with van der Waals surface area (Å²) < 4.78 is 10.6. The molecule has 0 aromatic rings. The first-order valence-corrected chi connectivity index (χ1v) is 18.4. The van der Waals surface area contributed by atoms with E-state index in [1.807, 2.05) is 0 Å². The molecule has 0 saturated heterocycles. The van der Waals surface area contributed by atoms with Crippen LogP contribution in [-0.2, 0) is 19.1 Å². The fraction of sp³-hybridized carbons (Fsp3) is 0.842. The molecule has 0 aliphatic rings. The van der Waals surface area contributed by atoms with Crippen molar-refractivity contribution in [1.29, 1.82) is 0 Å².